The van der Waals surface area contributed by atoms with Crippen molar-refractivity contribution in [3.8, 4) is 0 Å². The third-order valence-corrected chi connectivity index (χ3v) is 3.33. The molecule has 1 aliphatic rings. The van der Waals surface area contributed by atoms with Gasteiger partial charge in [0.15, 0.2) is 0 Å². The van der Waals surface area contributed by atoms with Crippen LogP contribution < -0.4 is 5.32 Å². The van der Waals surface area contributed by atoms with Crippen LogP contribution in [0, 0.1) is 5.82 Å². The molecule has 2 rings (SSSR count). The molecule has 0 amide bonds. The molecule has 1 heterocycles. The maximum Gasteiger partial charge on any atom is 0.123 e. The summed E-state index contributed by atoms with van der Waals surface area (Å²) in [6, 6.07) is 6.53. The lowest BCUT2D eigenvalue weighted by Gasteiger charge is -2.32. The molecular formula is C13H18FNO. The Morgan fingerprint density at radius 2 is 1.81 bits per heavy atom. The molecule has 0 unspecified atom stereocenters. The van der Waals surface area contributed by atoms with E-state index < -0.39 is 5.60 Å². The maximum atomic E-state index is 12.7. The Labute approximate surface area is 95.5 Å². The van der Waals surface area contributed by atoms with E-state index in [0.29, 0.717) is 0 Å². The molecule has 1 aromatic rings. The number of piperidine rings is 1. The molecule has 0 atom stereocenters. The van der Waals surface area contributed by atoms with E-state index in [4.69, 9.17) is 0 Å². The lowest BCUT2D eigenvalue weighted by molar-refractivity contribution is 0.00281. The Morgan fingerprint density at radius 1 is 1.19 bits per heavy atom. The molecule has 1 saturated heterocycles. The van der Waals surface area contributed by atoms with Crippen molar-refractivity contribution >= 4 is 0 Å². The lowest BCUT2D eigenvalue weighted by atomic mass is 9.86. The number of benzene rings is 1. The number of nitrogens with one attached hydrogen (secondary N) is 1. The molecule has 0 aliphatic carbocycles. The summed E-state index contributed by atoms with van der Waals surface area (Å²) >= 11 is 0. The Balaban J connectivity index is 1.88. The van der Waals surface area contributed by atoms with Crippen LogP contribution in [0.5, 0.6) is 0 Å². The normalized spacial score (nSPS) is 19.6. The van der Waals surface area contributed by atoms with Gasteiger partial charge >= 0.3 is 0 Å². The molecule has 0 spiro atoms. The van der Waals surface area contributed by atoms with Crippen molar-refractivity contribution in [2.24, 2.45) is 0 Å². The molecule has 1 aliphatic heterocycles. The van der Waals surface area contributed by atoms with E-state index in [-0.39, 0.29) is 5.82 Å². The fourth-order valence-electron chi connectivity index (χ4n) is 2.17. The minimum Gasteiger partial charge on any atom is -0.390 e. The monoisotopic (exact) mass is 223 g/mol. The van der Waals surface area contributed by atoms with Crippen LogP contribution in [0.25, 0.3) is 0 Å². The number of hydrogen-bond acceptors (Lipinski definition) is 2. The van der Waals surface area contributed by atoms with Gasteiger partial charge < -0.3 is 10.4 Å². The summed E-state index contributed by atoms with van der Waals surface area (Å²) in [4.78, 5) is 0. The Kier molecular flexibility index (Phi) is 3.56. The fraction of sp³-hybridized carbons (Fsp3) is 0.538. The van der Waals surface area contributed by atoms with E-state index in [2.05, 4.69) is 5.32 Å². The van der Waals surface area contributed by atoms with E-state index in [0.717, 1.165) is 44.3 Å². The molecule has 3 heteroatoms. The van der Waals surface area contributed by atoms with Crippen LogP contribution in [0.2, 0.25) is 0 Å². The number of halogens is 1. The minimum atomic E-state index is -0.528. The minimum absolute atomic E-state index is 0.204. The second-order valence-electron chi connectivity index (χ2n) is 4.60. The Hall–Kier alpha value is -0.930. The second kappa shape index (κ2) is 4.93. The predicted octanol–water partition coefficient (Wildman–Crippen LogP) is 1.87. The smallest absolute Gasteiger partial charge is 0.123 e. The molecular weight excluding hydrogens is 205 g/mol. The topological polar surface area (TPSA) is 32.3 Å². The van der Waals surface area contributed by atoms with E-state index >= 15 is 0 Å². The molecule has 2 nitrogen and oxygen atoms in total. The van der Waals surface area contributed by atoms with E-state index in [1.165, 1.54) is 12.1 Å². The van der Waals surface area contributed by atoms with Crippen molar-refractivity contribution in [3.05, 3.63) is 35.6 Å². The first-order chi connectivity index (χ1) is 7.68. The Bertz CT molecular complexity index is 330. The highest BCUT2D eigenvalue weighted by Crippen LogP contribution is 2.24. The zero-order chi connectivity index (χ0) is 11.4. The van der Waals surface area contributed by atoms with Gasteiger partial charge in [-0.05, 0) is 56.5 Å². The van der Waals surface area contributed by atoms with Gasteiger partial charge in [0, 0.05) is 0 Å². The van der Waals surface area contributed by atoms with Crippen molar-refractivity contribution in [1.29, 1.82) is 0 Å². The number of rotatable bonds is 3. The highest BCUT2D eigenvalue weighted by atomic mass is 19.1. The van der Waals surface area contributed by atoms with Crippen molar-refractivity contribution in [2.75, 3.05) is 13.1 Å². The van der Waals surface area contributed by atoms with Gasteiger partial charge in [-0.1, -0.05) is 12.1 Å². The molecule has 1 aromatic carbocycles. The predicted molar refractivity (Wildman–Crippen MR) is 61.8 cm³/mol. The number of aliphatic hydroxyl groups is 1. The SMILES string of the molecule is OC1(CCc2ccc(F)cc2)CCNCC1. The van der Waals surface area contributed by atoms with Gasteiger partial charge in [-0.15, -0.1) is 0 Å². The van der Waals surface area contributed by atoms with Crippen LogP contribution in [0.4, 0.5) is 4.39 Å². The summed E-state index contributed by atoms with van der Waals surface area (Å²) < 4.78 is 12.7. The quantitative estimate of drug-likeness (QED) is 0.820. The van der Waals surface area contributed by atoms with Crippen LogP contribution in [0.1, 0.15) is 24.8 Å². The first-order valence-electron chi connectivity index (χ1n) is 5.86. The molecule has 0 radical (unpaired) electrons. The third kappa shape index (κ3) is 3.03. The molecule has 1 fully saturated rings. The first-order valence-corrected chi connectivity index (χ1v) is 5.86. The van der Waals surface area contributed by atoms with Crippen molar-refractivity contribution < 1.29 is 9.50 Å². The van der Waals surface area contributed by atoms with Crippen LogP contribution >= 0.6 is 0 Å². The Morgan fingerprint density at radius 3 is 2.44 bits per heavy atom. The van der Waals surface area contributed by atoms with Gasteiger partial charge in [-0.2, -0.15) is 0 Å². The maximum absolute atomic E-state index is 12.7. The lowest BCUT2D eigenvalue weighted by Crippen LogP contribution is -2.42. The molecule has 0 saturated carbocycles. The summed E-state index contributed by atoms with van der Waals surface area (Å²) in [5, 5.41) is 13.5. The molecule has 16 heavy (non-hydrogen) atoms. The summed E-state index contributed by atoms with van der Waals surface area (Å²) in [5.41, 5.74) is 0.563. The average molecular weight is 223 g/mol. The van der Waals surface area contributed by atoms with Crippen molar-refractivity contribution in [1.82, 2.24) is 5.32 Å². The van der Waals surface area contributed by atoms with Gasteiger partial charge in [-0.25, -0.2) is 4.39 Å². The van der Waals surface area contributed by atoms with Crippen LogP contribution in [0.3, 0.4) is 0 Å². The van der Waals surface area contributed by atoms with Gasteiger partial charge in [-0.3, -0.25) is 0 Å². The molecule has 0 aromatic heterocycles. The first kappa shape index (κ1) is 11.6. The van der Waals surface area contributed by atoms with Crippen LogP contribution in [-0.4, -0.2) is 23.8 Å². The van der Waals surface area contributed by atoms with E-state index in [1.54, 1.807) is 12.1 Å². The highest BCUT2D eigenvalue weighted by molar-refractivity contribution is 5.16. The van der Waals surface area contributed by atoms with Gasteiger partial charge in [0.2, 0.25) is 0 Å². The largest absolute Gasteiger partial charge is 0.390 e. The highest BCUT2D eigenvalue weighted by Gasteiger charge is 2.28. The zero-order valence-corrected chi connectivity index (χ0v) is 9.38. The summed E-state index contributed by atoms with van der Waals surface area (Å²) in [5.74, 6) is -0.204. The summed E-state index contributed by atoms with van der Waals surface area (Å²) in [6.07, 6.45) is 3.21. The van der Waals surface area contributed by atoms with Crippen molar-refractivity contribution in [3.63, 3.8) is 0 Å². The van der Waals surface area contributed by atoms with Gasteiger partial charge in [0.25, 0.3) is 0 Å². The fourth-order valence-corrected chi connectivity index (χ4v) is 2.17. The van der Waals surface area contributed by atoms with E-state index in [1.807, 2.05) is 0 Å². The summed E-state index contributed by atoms with van der Waals surface area (Å²) in [7, 11) is 0. The molecule has 2 N–H and O–H groups in total. The van der Waals surface area contributed by atoms with Gasteiger partial charge in [0.1, 0.15) is 5.82 Å². The number of aryl methyl sites for hydroxylation is 1. The summed E-state index contributed by atoms with van der Waals surface area (Å²) in [6.45, 7) is 1.78. The zero-order valence-electron chi connectivity index (χ0n) is 9.38. The van der Waals surface area contributed by atoms with Crippen LogP contribution in [-0.2, 0) is 6.42 Å². The number of hydrogen-bond donors (Lipinski definition) is 2. The second-order valence-corrected chi connectivity index (χ2v) is 4.60. The van der Waals surface area contributed by atoms with Crippen molar-refractivity contribution in [2.45, 2.75) is 31.3 Å². The standard InChI is InChI=1S/C13H18FNO/c14-12-3-1-11(2-4-12)5-6-13(16)7-9-15-10-8-13/h1-4,15-16H,5-10H2. The molecule has 0 bridgehead atoms. The molecule has 88 valence electrons. The third-order valence-electron chi connectivity index (χ3n) is 3.33. The average Bonchev–Trinajstić information content (AvgIpc) is 2.29. The van der Waals surface area contributed by atoms with Gasteiger partial charge in [0.05, 0.1) is 5.60 Å². The van der Waals surface area contributed by atoms with E-state index in [9.17, 15) is 9.50 Å². The van der Waals surface area contributed by atoms with Crippen LogP contribution in [0.15, 0.2) is 24.3 Å².